The van der Waals surface area contributed by atoms with Crippen molar-refractivity contribution in [3.63, 3.8) is 0 Å². The minimum atomic E-state index is -0.224. The van der Waals surface area contributed by atoms with Crippen molar-refractivity contribution in [2.24, 2.45) is 5.92 Å². The van der Waals surface area contributed by atoms with Crippen molar-refractivity contribution in [1.82, 2.24) is 5.32 Å². The molecule has 0 aliphatic rings. The molecule has 1 aromatic carbocycles. The molecule has 3 heteroatoms. The van der Waals surface area contributed by atoms with Crippen LogP contribution in [0.15, 0.2) is 18.2 Å². The van der Waals surface area contributed by atoms with Crippen LogP contribution in [0.4, 0.5) is 4.39 Å². The number of hydrogen-bond acceptors (Lipinski definition) is 1. The summed E-state index contributed by atoms with van der Waals surface area (Å²) >= 11 is 6.16. The molecule has 0 saturated heterocycles. The Kier molecular flexibility index (Phi) is 5.61. The summed E-state index contributed by atoms with van der Waals surface area (Å²) in [5, 5.41) is 4.05. The Morgan fingerprint density at radius 3 is 2.61 bits per heavy atom. The zero-order valence-corrected chi connectivity index (χ0v) is 12.4. The van der Waals surface area contributed by atoms with Crippen LogP contribution in [0.1, 0.15) is 39.7 Å². The van der Waals surface area contributed by atoms with Gasteiger partial charge in [0, 0.05) is 5.02 Å². The van der Waals surface area contributed by atoms with Gasteiger partial charge in [0.25, 0.3) is 0 Å². The molecule has 0 fully saturated rings. The Morgan fingerprint density at radius 1 is 1.33 bits per heavy atom. The van der Waals surface area contributed by atoms with Crippen molar-refractivity contribution < 1.29 is 4.39 Å². The Bertz CT molecular complexity index is 388. The standard InChI is InChI=1S/C15H23ClFN/c1-11(2)10-18-8-7-15(3,4)13-9-12(17)5-6-14(13)16/h5-6,9,11,18H,7-8,10H2,1-4H3. The molecule has 0 saturated carbocycles. The van der Waals surface area contributed by atoms with Crippen molar-refractivity contribution in [2.45, 2.75) is 39.5 Å². The second-order valence-electron chi connectivity index (χ2n) is 5.86. The molecule has 0 aliphatic carbocycles. The third-order valence-corrected chi connectivity index (χ3v) is 3.47. The second kappa shape index (κ2) is 6.53. The van der Waals surface area contributed by atoms with Crippen molar-refractivity contribution >= 4 is 11.6 Å². The van der Waals surface area contributed by atoms with Gasteiger partial charge in [-0.25, -0.2) is 4.39 Å². The molecule has 0 bridgehead atoms. The van der Waals surface area contributed by atoms with E-state index in [0.29, 0.717) is 10.9 Å². The summed E-state index contributed by atoms with van der Waals surface area (Å²) in [6.07, 6.45) is 0.933. The van der Waals surface area contributed by atoms with Gasteiger partial charge < -0.3 is 5.32 Å². The Labute approximate surface area is 115 Å². The van der Waals surface area contributed by atoms with Crippen molar-refractivity contribution in [3.05, 3.63) is 34.6 Å². The fraction of sp³-hybridized carbons (Fsp3) is 0.600. The van der Waals surface area contributed by atoms with E-state index >= 15 is 0 Å². The van der Waals surface area contributed by atoms with Crippen LogP contribution in [0.5, 0.6) is 0 Å². The van der Waals surface area contributed by atoms with Crippen LogP contribution >= 0.6 is 11.6 Å². The highest BCUT2D eigenvalue weighted by Gasteiger charge is 2.23. The Balaban J connectivity index is 2.64. The molecule has 0 heterocycles. The van der Waals surface area contributed by atoms with Gasteiger partial charge in [-0.15, -0.1) is 0 Å². The lowest BCUT2D eigenvalue weighted by Gasteiger charge is -2.27. The Hall–Kier alpha value is -0.600. The number of nitrogens with one attached hydrogen (secondary N) is 1. The maximum absolute atomic E-state index is 13.3. The van der Waals surface area contributed by atoms with E-state index < -0.39 is 0 Å². The summed E-state index contributed by atoms with van der Waals surface area (Å²) in [4.78, 5) is 0. The van der Waals surface area contributed by atoms with Gasteiger partial charge in [-0.2, -0.15) is 0 Å². The summed E-state index contributed by atoms with van der Waals surface area (Å²) in [7, 11) is 0. The summed E-state index contributed by atoms with van der Waals surface area (Å²) < 4.78 is 13.3. The number of halogens is 2. The second-order valence-corrected chi connectivity index (χ2v) is 6.26. The largest absolute Gasteiger partial charge is 0.316 e. The van der Waals surface area contributed by atoms with Crippen molar-refractivity contribution in [1.29, 1.82) is 0 Å². The fourth-order valence-corrected chi connectivity index (χ4v) is 2.32. The molecule has 1 nitrogen and oxygen atoms in total. The molecule has 18 heavy (non-hydrogen) atoms. The van der Waals surface area contributed by atoms with Gasteiger partial charge in [0.05, 0.1) is 0 Å². The maximum atomic E-state index is 13.3. The lowest BCUT2D eigenvalue weighted by molar-refractivity contribution is 0.440. The van der Waals surface area contributed by atoms with E-state index in [4.69, 9.17) is 11.6 Å². The molecule has 1 N–H and O–H groups in total. The smallest absolute Gasteiger partial charge is 0.123 e. The normalized spacial score (nSPS) is 12.2. The molecular weight excluding hydrogens is 249 g/mol. The van der Waals surface area contributed by atoms with Gasteiger partial charge in [0.15, 0.2) is 0 Å². The highest BCUT2D eigenvalue weighted by atomic mass is 35.5. The zero-order valence-electron chi connectivity index (χ0n) is 11.7. The van der Waals surface area contributed by atoms with Gasteiger partial charge in [0.1, 0.15) is 5.82 Å². The van der Waals surface area contributed by atoms with Gasteiger partial charge in [-0.1, -0.05) is 39.3 Å². The van der Waals surface area contributed by atoms with Gasteiger partial charge in [0.2, 0.25) is 0 Å². The van der Waals surface area contributed by atoms with E-state index in [2.05, 4.69) is 33.0 Å². The number of rotatable bonds is 6. The predicted molar refractivity (Wildman–Crippen MR) is 76.8 cm³/mol. The average Bonchev–Trinajstić information content (AvgIpc) is 2.27. The van der Waals surface area contributed by atoms with E-state index in [1.165, 1.54) is 6.07 Å². The minimum Gasteiger partial charge on any atom is -0.316 e. The monoisotopic (exact) mass is 271 g/mol. The lowest BCUT2D eigenvalue weighted by atomic mass is 9.81. The van der Waals surface area contributed by atoms with Gasteiger partial charge in [-0.3, -0.25) is 0 Å². The fourth-order valence-electron chi connectivity index (χ4n) is 1.94. The molecule has 102 valence electrons. The van der Waals surface area contributed by atoms with Crippen molar-refractivity contribution in [3.8, 4) is 0 Å². The van der Waals surface area contributed by atoms with E-state index in [1.807, 2.05) is 0 Å². The first kappa shape index (κ1) is 15.5. The van der Waals surface area contributed by atoms with Gasteiger partial charge >= 0.3 is 0 Å². The Morgan fingerprint density at radius 2 is 2.00 bits per heavy atom. The molecule has 0 spiro atoms. The molecule has 0 aromatic heterocycles. The van der Waals surface area contributed by atoms with Crippen LogP contribution in [0, 0.1) is 11.7 Å². The molecule has 1 rings (SSSR count). The minimum absolute atomic E-state index is 0.122. The quantitative estimate of drug-likeness (QED) is 0.757. The molecule has 0 unspecified atom stereocenters. The lowest BCUT2D eigenvalue weighted by Crippen LogP contribution is -2.28. The third kappa shape index (κ3) is 4.58. The van der Waals surface area contributed by atoms with E-state index in [-0.39, 0.29) is 11.2 Å². The number of hydrogen-bond donors (Lipinski definition) is 1. The third-order valence-electron chi connectivity index (χ3n) is 3.14. The van der Waals surface area contributed by atoms with Crippen molar-refractivity contribution in [2.75, 3.05) is 13.1 Å². The summed E-state index contributed by atoms with van der Waals surface area (Å²) in [5.41, 5.74) is 0.763. The summed E-state index contributed by atoms with van der Waals surface area (Å²) in [5.74, 6) is 0.420. The van der Waals surface area contributed by atoms with Crippen LogP contribution in [0.25, 0.3) is 0 Å². The van der Waals surface area contributed by atoms with E-state index in [9.17, 15) is 4.39 Å². The maximum Gasteiger partial charge on any atom is 0.123 e. The number of benzene rings is 1. The molecule has 1 aromatic rings. The first-order valence-electron chi connectivity index (χ1n) is 6.49. The van der Waals surface area contributed by atoms with Crippen LogP contribution in [-0.4, -0.2) is 13.1 Å². The van der Waals surface area contributed by atoms with Gasteiger partial charge in [-0.05, 0) is 54.6 Å². The predicted octanol–water partition coefficient (Wildman–Crippen LogP) is 4.39. The molecule has 0 aliphatic heterocycles. The molecule has 0 amide bonds. The topological polar surface area (TPSA) is 12.0 Å². The highest BCUT2D eigenvalue weighted by Crippen LogP contribution is 2.32. The molecular formula is C15H23ClFN. The highest BCUT2D eigenvalue weighted by molar-refractivity contribution is 6.31. The van der Waals surface area contributed by atoms with Crippen LogP contribution in [-0.2, 0) is 5.41 Å². The zero-order chi connectivity index (χ0) is 13.8. The summed E-state index contributed by atoms with van der Waals surface area (Å²) in [6, 6.07) is 4.58. The summed E-state index contributed by atoms with van der Waals surface area (Å²) in [6.45, 7) is 10.5. The van der Waals surface area contributed by atoms with E-state index in [1.54, 1.807) is 12.1 Å². The average molecular weight is 272 g/mol. The first-order valence-corrected chi connectivity index (χ1v) is 6.87. The molecule has 0 radical (unpaired) electrons. The van der Waals surface area contributed by atoms with Crippen LogP contribution in [0.3, 0.4) is 0 Å². The van der Waals surface area contributed by atoms with E-state index in [0.717, 1.165) is 25.1 Å². The van der Waals surface area contributed by atoms with Crippen LogP contribution in [0.2, 0.25) is 5.02 Å². The van der Waals surface area contributed by atoms with Crippen LogP contribution < -0.4 is 5.32 Å². The first-order chi connectivity index (χ1) is 8.33. The molecule has 0 atom stereocenters. The SMILES string of the molecule is CC(C)CNCCC(C)(C)c1cc(F)ccc1Cl.